The molecule has 1 aliphatic heterocycles. The first-order chi connectivity index (χ1) is 8.90. The van der Waals surface area contributed by atoms with Gasteiger partial charge in [0.2, 0.25) is 0 Å². The van der Waals surface area contributed by atoms with E-state index in [-0.39, 0.29) is 13.0 Å². The lowest BCUT2D eigenvalue weighted by Crippen LogP contribution is -2.41. The quantitative estimate of drug-likeness (QED) is 0.764. The van der Waals surface area contributed by atoms with E-state index < -0.39 is 24.0 Å². The van der Waals surface area contributed by atoms with Crippen LogP contribution in [0.4, 0.5) is 0 Å². The largest absolute Gasteiger partial charge is 0.480 e. The van der Waals surface area contributed by atoms with E-state index in [1.54, 1.807) is 19.9 Å². The molecule has 0 unspecified atom stereocenters. The highest BCUT2D eigenvalue weighted by Gasteiger charge is 2.39. The summed E-state index contributed by atoms with van der Waals surface area (Å²) in [4.78, 5) is 24.7. The zero-order valence-electron chi connectivity index (χ0n) is 10.7. The second-order valence-electron chi connectivity index (χ2n) is 4.69. The number of aryl methyl sites for hydroxylation is 2. The van der Waals surface area contributed by atoms with Gasteiger partial charge in [-0.05, 0) is 19.9 Å². The molecule has 0 aliphatic carbocycles. The molecule has 2 atom stereocenters. The first kappa shape index (κ1) is 13.4. The molecule has 0 saturated carbocycles. The molecule has 0 spiro atoms. The Morgan fingerprint density at radius 3 is 2.68 bits per heavy atom. The van der Waals surface area contributed by atoms with Crippen LogP contribution in [-0.2, 0) is 4.79 Å². The van der Waals surface area contributed by atoms with Crippen molar-refractivity contribution >= 4 is 11.9 Å². The molecule has 0 bridgehead atoms. The number of hydrogen-bond acceptors (Lipinski definition) is 5. The average Bonchev–Trinajstić information content (AvgIpc) is 2.74. The lowest BCUT2D eigenvalue weighted by molar-refractivity contribution is -0.141. The molecule has 2 heterocycles. The number of nitrogens with zero attached hydrogens (tertiary/aromatic N) is 3. The number of aromatic nitrogens is 2. The minimum atomic E-state index is -1.11. The Balaban J connectivity index is 2.33. The van der Waals surface area contributed by atoms with Crippen molar-refractivity contribution in [3.05, 3.63) is 23.0 Å². The summed E-state index contributed by atoms with van der Waals surface area (Å²) in [6, 6.07) is 0.587. The molecule has 1 amide bonds. The molecule has 102 valence electrons. The minimum Gasteiger partial charge on any atom is -0.480 e. The molecular weight excluding hydrogens is 250 g/mol. The van der Waals surface area contributed by atoms with Gasteiger partial charge in [-0.3, -0.25) is 4.79 Å². The Morgan fingerprint density at radius 2 is 2.05 bits per heavy atom. The standard InChI is InChI=1S/C12H15N3O4/c1-6-3-9(7(2)14-13-6)11(17)15-5-8(16)4-10(15)12(18)19/h3,8,10,16H,4-5H2,1-2H3,(H,18,19)/t8-,10+/m1/s1. The van der Waals surface area contributed by atoms with E-state index in [0.29, 0.717) is 17.0 Å². The maximum Gasteiger partial charge on any atom is 0.326 e. The van der Waals surface area contributed by atoms with Crippen LogP contribution in [0.15, 0.2) is 6.07 Å². The van der Waals surface area contributed by atoms with Gasteiger partial charge in [-0.25, -0.2) is 4.79 Å². The van der Waals surface area contributed by atoms with E-state index in [0.717, 1.165) is 0 Å². The van der Waals surface area contributed by atoms with Gasteiger partial charge < -0.3 is 15.1 Å². The SMILES string of the molecule is Cc1cc(C(=O)N2C[C@H](O)C[C@H]2C(=O)O)c(C)nn1. The zero-order valence-corrected chi connectivity index (χ0v) is 10.7. The highest BCUT2D eigenvalue weighted by molar-refractivity contribution is 5.97. The minimum absolute atomic E-state index is 0.0244. The molecule has 2 rings (SSSR count). The second kappa shape index (κ2) is 4.93. The number of aliphatic hydroxyl groups is 1. The Labute approximate surface area is 109 Å². The second-order valence-corrected chi connectivity index (χ2v) is 4.69. The molecule has 1 saturated heterocycles. The molecule has 2 N–H and O–H groups in total. The molecule has 1 fully saturated rings. The number of β-amino-alcohol motifs (C(OH)–C–C–N with tert-alkyl or cyclic N) is 1. The van der Waals surface area contributed by atoms with Gasteiger partial charge in [0.25, 0.3) is 5.91 Å². The number of carboxylic acid groups (broad SMARTS) is 1. The molecule has 0 aromatic carbocycles. The predicted octanol–water partition coefficient (Wildman–Crippen LogP) is -0.247. The average molecular weight is 265 g/mol. The van der Waals surface area contributed by atoms with Crippen LogP contribution in [0.1, 0.15) is 28.2 Å². The van der Waals surface area contributed by atoms with Crippen LogP contribution < -0.4 is 0 Å². The van der Waals surface area contributed by atoms with Crippen molar-refractivity contribution in [2.75, 3.05) is 6.54 Å². The number of amides is 1. The van der Waals surface area contributed by atoms with Crippen LogP contribution >= 0.6 is 0 Å². The summed E-state index contributed by atoms with van der Waals surface area (Å²) in [5.74, 6) is -1.54. The zero-order chi connectivity index (χ0) is 14.2. The molecular formula is C12H15N3O4. The lowest BCUT2D eigenvalue weighted by Gasteiger charge is -2.21. The van der Waals surface area contributed by atoms with Gasteiger partial charge in [-0.15, -0.1) is 0 Å². The molecule has 1 aromatic heterocycles. The Hall–Kier alpha value is -2.02. The molecule has 19 heavy (non-hydrogen) atoms. The Morgan fingerprint density at radius 1 is 1.37 bits per heavy atom. The smallest absolute Gasteiger partial charge is 0.326 e. The number of carbonyl (C=O) groups is 2. The van der Waals surface area contributed by atoms with Gasteiger partial charge in [0.05, 0.1) is 23.1 Å². The highest BCUT2D eigenvalue weighted by atomic mass is 16.4. The van der Waals surface area contributed by atoms with Crippen LogP contribution in [0, 0.1) is 13.8 Å². The van der Waals surface area contributed by atoms with E-state index >= 15 is 0 Å². The third kappa shape index (κ3) is 2.55. The van der Waals surface area contributed by atoms with Crippen molar-refractivity contribution in [1.29, 1.82) is 0 Å². The van der Waals surface area contributed by atoms with Gasteiger partial charge in [0.1, 0.15) is 6.04 Å². The monoisotopic (exact) mass is 265 g/mol. The first-order valence-electron chi connectivity index (χ1n) is 5.93. The van der Waals surface area contributed by atoms with E-state index in [1.807, 2.05) is 0 Å². The number of likely N-dealkylation sites (tertiary alicyclic amines) is 1. The lowest BCUT2D eigenvalue weighted by atomic mass is 10.1. The molecule has 0 radical (unpaired) electrons. The van der Waals surface area contributed by atoms with Crippen molar-refractivity contribution in [3.63, 3.8) is 0 Å². The van der Waals surface area contributed by atoms with E-state index in [4.69, 9.17) is 5.11 Å². The fraction of sp³-hybridized carbons (Fsp3) is 0.500. The van der Waals surface area contributed by atoms with Crippen LogP contribution in [0.5, 0.6) is 0 Å². The number of rotatable bonds is 2. The summed E-state index contributed by atoms with van der Waals surface area (Å²) >= 11 is 0. The normalized spacial score (nSPS) is 22.6. The van der Waals surface area contributed by atoms with Crippen LogP contribution in [0.3, 0.4) is 0 Å². The number of carbonyl (C=O) groups excluding carboxylic acids is 1. The topological polar surface area (TPSA) is 104 Å². The Bertz CT molecular complexity index is 532. The molecule has 7 heteroatoms. The summed E-state index contributed by atoms with van der Waals surface area (Å²) in [6.07, 6.45) is -0.751. The highest BCUT2D eigenvalue weighted by Crippen LogP contribution is 2.21. The van der Waals surface area contributed by atoms with E-state index in [2.05, 4.69) is 10.2 Å². The fourth-order valence-electron chi connectivity index (χ4n) is 2.19. The first-order valence-corrected chi connectivity index (χ1v) is 5.93. The molecule has 1 aliphatic rings. The van der Waals surface area contributed by atoms with Gasteiger partial charge in [-0.2, -0.15) is 10.2 Å². The third-order valence-electron chi connectivity index (χ3n) is 3.16. The third-order valence-corrected chi connectivity index (χ3v) is 3.16. The Kier molecular flexibility index (Phi) is 3.48. The summed E-state index contributed by atoms with van der Waals surface area (Å²) in [5, 5.41) is 26.3. The number of aliphatic hydroxyl groups excluding tert-OH is 1. The van der Waals surface area contributed by atoms with Crippen molar-refractivity contribution in [1.82, 2.24) is 15.1 Å². The number of hydrogen-bond donors (Lipinski definition) is 2. The summed E-state index contributed by atoms with van der Waals surface area (Å²) in [7, 11) is 0. The van der Waals surface area contributed by atoms with E-state index in [9.17, 15) is 14.7 Å². The van der Waals surface area contributed by atoms with Crippen molar-refractivity contribution in [2.24, 2.45) is 0 Å². The van der Waals surface area contributed by atoms with Crippen LogP contribution in [0.25, 0.3) is 0 Å². The van der Waals surface area contributed by atoms with Gasteiger partial charge >= 0.3 is 5.97 Å². The van der Waals surface area contributed by atoms with Crippen molar-refractivity contribution in [2.45, 2.75) is 32.4 Å². The van der Waals surface area contributed by atoms with E-state index in [1.165, 1.54) is 4.90 Å². The summed E-state index contributed by atoms with van der Waals surface area (Å²) < 4.78 is 0. The fourth-order valence-corrected chi connectivity index (χ4v) is 2.19. The van der Waals surface area contributed by atoms with Gasteiger partial charge in [-0.1, -0.05) is 0 Å². The van der Waals surface area contributed by atoms with Crippen LogP contribution in [-0.4, -0.2) is 55.9 Å². The maximum atomic E-state index is 12.4. The number of aliphatic carboxylic acids is 1. The van der Waals surface area contributed by atoms with Gasteiger partial charge in [0.15, 0.2) is 0 Å². The molecule has 7 nitrogen and oxygen atoms in total. The summed E-state index contributed by atoms with van der Waals surface area (Å²) in [5.41, 5.74) is 1.36. The van der Waals surface area contributed by atoms with Crippen LogP contribution in [0.2, 0.25) is 0 Å². The van der Waals surface area contributed by atoms with Crippen molar-refractivity contribution in [3.8, 4) is 0 Å². The predicted molar refractivity (Wildman–Crippen MR) is 64.6 cm³/mol. The van der Waals surface area contributed by atoms with Gasteiger partial charge in [0, 0.05) is 13.0 Å². The van der Waals surface area contributed by atoms with Crippen molar-refractivity contribution < 1.29 is 19.8 Å². The number of carboxylic acids is 1. The molecule has 1 aromatic rings. The maximum absolute atomic E-state index is 12.4. The summed E-state index contributed by atoms with van der Waals surface area (Å²) in [6.45, 7) is 3.37.